The summed E-state index contributed by atoms with van der Waals surface area (Å²) < 4.78 is 52.0. The van der Waals surface area contributed by atoms with Gasteiger partial charge >= 0.3 is 0 Å². The smallest absolute Gasteiger partial charge is 0.175 e. The minimum Gasteiger partial charge on any atom is -0.332 e. The second-order valence-corrected chi connectivity index (χ2v) is 4.27. The van der Waals surface area contributed by atoms with E-state index in [0.717, 1.165) is 24.3 Å². The first-order valence-electron chi connectivity index (χ1n) is 5.43. The van der Waals surface area contributed by atoms with E-state index in [1.165, 1.54) is 0 Å². The lowest BCUT2D eigenvalue weighted by atomic mass is 10.3. The molecule has 2 aromatic carbocycles. The zero-order valence-corrected chi connectivity index (χ0v) is 10.7. The summed E-state index contributed by atoms with van der Waals surface area (Å²) in [5, 5.41) is 4.87. The summed E-state index contributed by atoms with van der Waals surface area (Å²) in [5.74, 6) is -3.11. The molecule has 0 fully saturated rings. The molecule has 0 unspecified atom stereocenters. The molecule has 0 aliphatic carbocycles. The highest BCUT2D eigenvalue weighted by Gasteiger charge is 2.07. The van der Waals surface area contributed by atoms with Crippen LogP contribution in [0.25, 0.3) is 0 Å². The summed E-state index contributed by atoms with van der Waals surface area (Å²) in [6.07, 6.45) is 0. The van der Waals surface area contributed by atoms with E-state index in [9.17, 15) is 17.6 Å². The van der Waals surface area contributed by atoms with Crippen LogP contribution in [0.2, 0.25) is 0 Å². The quantitative estimate of drug-likeness (QED) is 0.646. The van der Waals surface area contributed by atoms with Crippen LogP contribution in [0.3, 0.4) is 0 Å². The van der Waals surface area contributed by atoms with Crippen LogP contribution in [0.5, 0.6) is 0 Å². The molecule has 0 aliphatic heterocycles. The molecule has 2 N–H and O–H groups in total. The molecule has 0 aromatic heterocycles. The highest BCUT2D eigenvalue weighted by Crippen LogP contribution is 2.17. The van der Waals surface area contributed by atoms with Gasteiger partial charge < -0.3 is 10.6 Å². The van der Waals surface area contributed by atoms with E-state index < -0.39 is 23.3 Å². The number of anilines is 2. The monoisotopic (exact) mass is 300 g/mol. The summed E-state index contributed by atoms with van der Waals surface area (Å²) in [6, 6.07) is 5.66. The first kappa shape index (κ1) is 14.3. The first-order chi connectivity index (χ1) is 9.44. The van der Waals surface area contributed by atoms with Crippen LogP contribution in [-0.2, 0) is 0 Å². The maximum Gasteiger partial charge on any atom is 0.175 e. The van der Waals surface area contributed by atoms with Gasteiger partial charge in [0.15, 0.2) is 5.11 Å². The van der Waals surface area contributed by atoms with E-state index in [1.807, 2.05) is 0 Å². The second-order valence-electron chi connectivity index (χ2n) is 3.86. The topological polar surface area (TPSA) is 24.1 Å². The van der Waals surface area contributed by atoms with Gasteiger partial charge in [0.05, 0.1) is 5.69 Å². The van der Waals surface area contributed by atoms with Crippen molar-refractivity contribution in [1.82, 2.24) is 0 Å². The Hall–Kier alpha value is -2.15. The number of rotatable bonds is 2. The molecule has 104 valence electrons. The lowest BCUT2D eigenvalue weighted by molar-refractivity contribution is 0.584. The SMILES string of the molecule is Fc1cc(F)cc(NC(=S)Nc2ccc(F)cc2F)c1. The molecule has 2 nitrogen and oxygen atoms in total. The molecule has 0 spiro atoms. The van der Waals surface area contributed by atoms with Crippen molar-refractivity contribution in [1.29, 1.82) is 0 Å². The fraction of sp³-hybridized carbons (Fsp3) is 0. The van der Waals surface area contributed by atoms with E-state index in [2.05, 4.69) is 10.6 Å². The molecule has 2 rings (SSSR count). The number of benzene rings is 2. The van der Waals surface area contributed by atoms with Crippen molar-refractivity contribution in [3.63, 3.8) is 0 Å². The summed E-state index contributed by atoms with van der Waals surface area (Å²) in [4.78, 5) is 0. The van der Waals surface area contributed by atoms with Crippen molar-refractivity contribution >= 4 is 28.7 Å². The predicted octanol–water partition coefficient (Wildman–Crippen LogP) is 4.05. The zero-order chi connectivity index (χ0) is 14.7. The number of thiocarbonyl (C=S) groups is 1. The van der Waals surface area contributed by atoms with Crippen LogP contribution in [0, 0.1) is 23.3 Å². The van der Waals surface area contributed by atoms with Gasteiger partial charge in [0.25, 0.3) is 0 Å². The average molecular weight is 300 g/mol. The van der Waals surface area contributed by atoms with Crippen molar-refractivity contribution in [2.45, 2.75) is 0 Å². The molecule has 7 heteroatoms. The minimum absolute atomic E-state index is 0.0548. The second kappa shape index (κ2) is 5.87. The van der Waals surface area contributed by atoms with Gasteiger partial charge in [0, 0.05) is 17.8 Å². The third-order valence-corrected chi connectivity index (χ3v) is 2.50. The van der Waals surface area contributed by atoms with E-state index in [0.29, 0.717) is 12.1 Å². The fourth-order valence-corrected chi connectivity index (χ4v) is 1.73. The largest absolute Gasteiger partial charge is 0.332 e. The number of hydrogen-bond donors (Lipinski definition) is 2. The van der Waals surface area contributed by atoms with Gasteiger partial charge in [-0.3, -0.25) is 0 Å². The number of nitrogens with one attached hydrogen (secondary N) is 2. The van der Waals surface area contributed by atoms with Gasteiger partial charge in [0.2, 0.25) is 0 Å². The van der Waals surface area contributed by atoms with Crippen molar-refractivity contribution in [3.05, 3.63) is 59.7 Å². The van der Waals surface area contributed by atoms with Crippen LogP contribution in [-0.4, -0.2) is 5.11 Å². The highest BCUT2D eigenvalue weighted by molar-refractivity contribution is 7.80. The summed E-state index contributed by atoms with van der Waals surface area (Å²) >= 11 is 4.87. The van der Waals surface area contributed by atoms with Gasteiger partial charge in [0.1, 0.15) is 23.3 Å². The maximum absolute atomic E-state index is 13.4. The van der Waals surface area contributed by atoms with E-state index in [4.69, 9.17) is 12.2 Å². The molecule has 0 aliphatic rings. The molecule has 0 atom stereocenters. The zero-order valence-electron chi connectivity index (χ0n) is 9.88. The van der Waals surface area contributed by atoms with Crippen LogP contribution in [0.15, 0.2) is 36.4 Å². The van der Waals surface area contributed by atoms with E-state index in [-0.39, 0.29) is 16.5 Å². The average Bonchev–Trinajstić information content (AvgIpc) is 2.31. The maximum atomic E-state index is 13.4. The van der Waals surface area contributed by atoms with Crippen molar-refractivity contribution in [2.75, 3.05) is 10.6 Å². The Bertz CT molecular complexity index is 641. The third kappa shape index (κ3) is 3.67. The molecule has 0 bridgehead atoms. The van der Waals surface area contributed by atoms with Crippen LogP contribution < -0.4 is 10.6 Å². The Balaban J connectivity index is 2.09. The Morgan fingerprint density at radius 3 is 2.05 bits per heavy atom. The van der Waals surface area contributed by atoms with Gasteiger partial charge in [-0.25, -0.2) is 17.6 Å². The summed E-state index contributed by atoms with van der Waals surface area (Å²) in [7, 11) is 0. The number of hydrogen-bond acceptors (Lipinski definition) is 1. The van der Waals surface area contributed by atoms with Crippen molar-refractivity contribution < 1.29 is 17.6 Å². The number of halogens is 4. The Morgan fingerprint density at radius 2 is 1.45 bits per heavy atom. The standard InChI is InChI=1S/C13H8F4N2S/c14-7-1-2-12(11(17)6-7)19-13(20)18-10-4-8(15)3-9(16)5-10/h1-6H,(H2,18,19,20). The normalized spacial score (nSPS) is 10.2. The molecule has 0 heterocycles. The molecule has 0 radical (unpaired) electrons. The molecular formula is C13H8F4N2S. The van der Waals surface area contributed by atoms with Crippen LogP contribution in [0.4, 0.5) is 28.9 Å². The molecule has 0 saturated heterocycles. The molecule has 0 saturated carbocycles. The highest BCUT2D eigenvalue weighted by atomic mass is 32.1. The van der Waals surface area contributed by atoms with Crippen molar-refractivity contribution in [3.8, 4) is 0 Å². The van der Waals surface area contributed by atoms with Gasteiger partial charge in [-0.1, -0.05) is 0 Å². The van der Waals surface area contributed by atoms with Gasteiger partial charge in [-0.15, -0.1) is 0 Å². The molecule has 0 amide bonds. The third-order valence-electron chi connectivity index (χ3n) is 2.30. The molecular weight excluding hydrogens is 292 g/mol. The van der Waals surface area contributed by atoms with Gasteiger partial charge in [-0.05, 0) is 36.5 Å². The van der Waals surface area contributed by atoms with Gasteiger partial charge in [-0.2, -0.15) is 0 Å². The minimum atomic E-state index is -0.834. The Morgan fingerprint density at radius 1 is 0.800 bits per heavy atom. The van der Waals surface area contributed by atoms with Crippen molar-refractivity contribution in [2.24, 2.45) is 0 Å². The summed E-state index contributed by atoms with van der Waals surface area (Å²) in [5.41, 5.74) is 0.0169. The summed E-state index contributed by atoms with van der Waals surface area (Å²) in [6.45, 7) is 0. The Labute approximate surface area is 117 Å². The first-order valence-corrected chi connectivity index (χ1v) is 5.84. The predicted molar refractivity (Wildman–Crippen MR) is 72.6 cm³/mol. The van der Waals surface area contributed by atoms with E-state index in [1.54, 1.807) is 0 Å². The lowest BCUT2D eigenvalue weighted by Gasteiger charge is -2.11. The fourth-order valence-electron chi connectivity index (χ4n) is 1.50. The van der Waals surface area contributed by atoms with E-state index >= 15 is 0 Å². The van der Waals surface area contributed by atoms with Crippen LogP contribution >= 0.6 is 12.2 Å². The lowest BCUT2D eigenvalue weighted by Crippen LogP contribution is -2.20. The van der Waals surface area contributed by atoms with Crippen LogP contribution in [0.1, 0.15) is 0 Å². The Kier molecular flexibility index (Phi) is 4.19. The molecule has 20 heavy (non-hydrogen) atoms. The molecule has 2 aromatic rings.